The smallest absolute Gasteiger partial charge is 0.328 e. The van der Waals surface area contributed by atoms with Crippen LogP contribution in [0.25, 0.3) is 0 Å². The van der Waals surface area contributed by atoms with Crippen LogP contribution in [0.1, 0.15) is 24.5 Å². The molecule has 2 amide bonds. The van der Waals surface area contributed by atoms with Crippen molar-refractivity contribution >= 4 is 44.7 Å². The van der Waals surface area contributed by atoms with Gasteiger partial charge in [-0.1, -0.05) is 54.4 Å². The molecule has 1 heterocycles. The van der Waals surface area contributed by atoms with Crippen LogP contribution in [0.2, 0.25) is 5.02 Å². The second-order valence-electron chi connectivity index (χ2n) is 8.16. The van der Waals surface area contributed by atoms with Gasteiger partial charge in [-0.2, -0.15) is 0 Å². The van der Waals surface area contributed by atoms with Crippen molar-refractivity contribution in [1.82, 2.24) is 10.0 Å². The average Bonchev–Trinajstić information content (AvgIpc) is 3.19. The molecule has 0 aromatic heterocycles. The molecule has 1 atom stereocenters. The van der Waals surface area contributed by atoms with Gasteiger partial charge in [0.25, 0.3) is 10.0 Å². The fourth-order valence-corrected chi connectivity index (χ4v) is 5.09. The Kier molecular flexibility index (Phi) is 7.00. The molecular formula is C25H27ClN4O3S. The van der Waals surface area contributed by atoms with Gasteiger partial charge in [0.05, 0.1) is 21.3 Å². The van der Waals surface area contributed by atoms with E-state index in [-0.39, 0.29) is 11.1 Å². The van der Waals surface area contributed by atoms with E-state index in [9.17, 15) is 13.2 Å². The Labute approximate surface area is 205 Å². The lowest BCUT2D eigenvalue weighted by Crippen LogP contribution is -2.40. The highest BCUT2D eigenvalue weighted by Crippen LogP contribution is 2.44. The second kappa shape index (κ2) is 9.95. The third-order valence-electron chi connectivity index (χ3n) is 5.73. The van der Waals surface area contributed by atoms with Crippen LogP contribution >= 0.6 is 11.6 Å². The molecule has 4 rings (SSSR count). The van der Waals surface area contributed by atoms with Crippen LogP contribution in [0, 0.1) is 6.92 Å². The van der Waals surface area contributed by atoms with Gasteiger partial charge >= 0.3 is 6.03 Å². The fourth-order valence-electron chi connectivity index (χ4n) is 3.94. The number of sulfonamides is 1. The van der Waals surface area contributed by atoms with Gasteiger partial charge in [-0.15, -0.1) is 0 Å². The topological polar surface area (TPSA) is 90.5 Å². The minimum absolute atomic E-state index is 0.0495. The summed E-state index contributed by atoms with van der Waals surface area (Å²) < 4.78 is 26.7. The molecule has 1 aliphatic rings. The molecule has 34 heavy (non-hydrogen) atoms. The maximum Gasteiger partial charge on any atom is 0.328 e. The van der Waals surface area contributed by atoms with Gasteiger partial charge in [-0.25, -0.2) is 17.9 Å². The molecule has 0 aliphatic carbocycles. The molecule has 0 radical (unpaired) electrons. The Balaban J connectivity index is 1.34. The Morgan fingerprint density at radius 2 is 1.76 bits per heavy atom. The summed E-state index contributed by atoms with van der Waals surface area (Å²) >= 11 is 6.37. The van der Waals surface area contributed by atoms with E-state index in [1.165, 1.54) is 12.1 Å². The van der Waals surface area contributed by atoms with E-state index in [0.717, 1.165) is 34.6 Å². The van der Waals surface area contributed by atoms with Gasteiger partial charge in [0.2, 0.25) is 0 Å². The molecule has 0 bridgehead atoms. The number of hydrogen-bond donors (Lipinski definition) is 3. The zero-order valence-corrected chi connectivity index (χ0v) is 20.6. The highest BCUT2D eigenvalue weighted by molar-refractivity contribution is 7.90. The lowest BCUT2D eigenvalue weighted by atomic mass is 10.1. The number of urea groups is 1. The first-order valence-corrected chi connectivity index (χ1v) is 12.9. The molecule has 3 N–H and O–H groups in total. The summed E-state index contributed by atoms with van der Waals surface area (Å²) in [6, 6.07) is 19.5. The molecule has 0 fully saturated rings. The Morgan fingerprint density at radius 3 is 2.44 bits per heavy atom. The Hall–Kier alpha value is -3.23. The number of nitrogens with one attached hydrogen (secondary N) is 3. The van der Waals surface area contributed by atoms with Gasteiger partial charge in [0.1, 0.15) is 6.17 Å². The Bertz CT molecular complexity index is 1280. The average molecular weight is 499 g/mol. The zero-order valence-electron chi connectivity index (χ0n) is 19.0. The first kappa shape index (κ1) is 23.9. The number of benzene rings is 3. The number of anilines is 3. The normalized spacial score (nSPS) is 14.9. The quantitative estimate of drug-likeness (QED) is 0.417. The lowest BCUT2D eigenvalue weighted by Gasteiger charge is -2.26. The number of carbonyl (C=O) groups is 1. The highest BCUT2D eigenvalue weighted by atomic mass is 35.5. The van der Waals surface area contributed by atoms with Crippen LogP contribution < -0.4 is 20.3 Å². The van der Waals surface area contributed by atoms with Crippen molar-refractivity contribution in [3.63, 3.8) is 0 Å². The summed E-state index contributed by atoms with van der Waals surface area (Å²) in [5.74, 6) is 0. The predicted octanol–water partition coefficient (Wildman–Crippen LogP) is 5.18. The molecule has 3 aromatic rings. The van der Waals surface area contributed by atoms with Crippen molar-refractivity contribution < 1.29 is 13.2 Å². The summed E-state index contributed by atoms with van der Waals surface area (Å²) in [4.78, 5) is 14.4. The number of carbonyl (C=O) groups excluding carboxylic acids is 1. The number of halogens is 1. The van der Waals surface area contributed by atoms with Crippen molar-refractivity contribution in [1.29, 1.82) is 0 Å². The van der Waals surface area contributed by atoms with Gasteiger partial charge in [0.15, 0.2) is 0 Å². The van der Waals surface area contributed by atoms with Crippen molar-refractivity contribution in [2.75, 3.05) is 16.8 Å². The number of aryl methyl sites for hydroxylation is 1. The monoisotopic (exact) mass is 498 g/mol. The molecule has 1 aliphatic heterocycles. The van der Waals surface area contributed by atoms with Crippen LogP contribution in [0.15, 0.2) is 71.6 Å². The lowest BCUT2D eigenvalue weighted by molar-refractivity contribution is 0.246. The zero-order chi connectivity index (χ0) is 24.3. The number of fused-ring (bicyclic) bond motifs is 1. The maximum atomic E-state index is 12.3. The number of amides is 2. The number of rotatable bonds is 7. The minimum Gasteiger partial charge on any atom is -0.362 e. The van der Waals surface area contributed by atoms with E-state index < -0.39 is 16.1 Å². The first-order valence-electron chi connectivity index (χ1n) is 11.1. The number of hydrogen-bond acceptors (Lipinski definition) is 5. The summed E-state index contributed by atoms with van der Waals surface area (Å²) in [7, 11) is -3.90. The largest absolute Gasteiger partial charge is 0.362 e. The molecule has 3 aromatic carbocycles. The van der Waals surface area contributed by atoms with E-state index in [2.05, 4.69) is 22.5 Å². The number of nitrogens with zero attached hydrogens (tertiary/aromatic N) is 1. The van der Waals surface area contributed by atoms with Crippen LogP contribution in [0.4, 0.5) is 21.9 Å². The fraction of sp³-hybridized carbons (Fsp3) is 0.240. The van der Waals surface area contributed by atoms with Crippen LogP contribution in [0.5, 0.6) is 0 Å². The Morgan fingerprint density at radius 1 is 1.06 bits per heavy atom. The predicted molar refractivity (Wildman–Crippen MR) is 136 cm³/mol. The minimum atomic E-state index is -3.90. The van der Waals surface area contributed by atoms with Gasteiger partial charge in [-0.3, -0.25) is 0 Å². The molecular weight excluding hydrogens is 472 g/mol. The van der Waals surface area contributed by atoms with E-state index in [1.807, 2.05) is 54.1 Å². The second-order valence-corrected chi connectivity index (χ2v) is 10.3. The van der Waals surface area contributed by atoms with Crippen molar-refractivity contribution in [2.24, 2.45) is 0 Å². The maximum absolute atomic E-state index is 12.3. The third kappa shape index (κ3) is 5.13. The van der Waals surface area contributed by atoms with Gasteiger partial charge < -0.3 is 15.5 Å². The summed E-state index contributed by atoms with van der Waals surface area (Å²) in [5, 5.41) is 6.79. The first-order chi connectivity index (χ1) is 16.3. The summed E-state index contributed by atoms with van der Waals surface area (Å²) in [5.41, 5.74) is 4.99. The molecule has 1 unspecified atom stereocenters. The van der Waals surface area contributed by atoms with Crippen molar-refractivity contribution in [3.8, 4) is 0 Å². The molecule has 9 heteroatoms. The molecule has 178 valence electrons. The van der Waals surface area contributed by atoms with Crippen LogP contribution in [0.3, 0.4) is 0 Å². The molecule has 0 saturated carbocycles. The molecule has 0 saturated heterocycles. The molecule has 7 nitrogen and oxygen atoms in total. The van der Waals surface area contributed by atoms with E-state index in [1.54, 1.807) is 12.1 Å². The number of para-hydroxylation sites is 1. The van der Waals surface area contributed by atoms with Gasteiger partial charge in [0, 0.05) is 12.2 Å². The van der Waals surface area contributed by atoms with Crippen molar-refractivity contribution in [3.05, 3.63) is 82.9 Å². The summed E-state index contributed by atoms with van der Waals surface area (Å²) in [6.45, 7) is 4.28. The van der Waals surface area contributed by atoms with Crippen molar-refractivity contribution in [2.45, 2.75) is 37.8 Å². The van der Waals surface area contributed by atoms with Crippen LogP contribution in [-0.4, -0.2) is 27.2 Å². The van der Waals surface area contributed by atoms with Gasteiger partial charge in [-0.05, 0) is 61.7 Å². The molecule has 0 spiro atoms. The van der Waals surface area contributed by atoms with E-state index in [4.69, 9.17) is 11.6 Å². The third-order valence-corrected chi connectivity index (χ3v) is 7.39. The van der Waals surface area contributed by atoms with E-state index in [0.29, 0.717) is 18.0 Å². The summed E-state index contributed by atoms with van der Waals surface area (Å²) in [6.07, 6.45) is 1.58. The van der Waals surface area contributed by atoms with Crippen LogP contribution in [-0.2, 0) is 16.4 Å². The van der Waals surface area contributed by atoms with E-state index >= 15 is 0 Å². The standard InChI is InChI=1S/C25H27ClN4O3S/c1-3-23-28-24-21(26)5-4-6-22(24)30(23)19-11-9-18(10-12-19)15-16-27-25(31)29-34(32,33)20-13-7-17(2)8-14-20/h4-14,23,28H,3,15-16H2,1-2H3,(H2,27,29,31). The SMILES string of the molecule is CCC1Nc2c(Cl)cccc2N1c1ccc(CCNC(=O)NS(=O)(=O)c2ccc(C)cc2)cc1. The highest BCUT2D eigenvalue weighted by Gasteiger charge is 2.30.